The Labute approximate surface area is 158 Å². The Morgan fingerprint density at radius 1 is 1.27 bits per heavy atom. The van der Waals surface area contributed by atoms with Crippen molar-refractivity contribution in [2.45, 2.75) is 19.0 Å². The number of benzene rings is 2. The number of rotatable bonds is 7. The Morgan fingerprint density at radius 2 is 2.08 bits per heavy atom. The number of nitrogens with one attached hydrogen (secondary N) is 2. The maximum Gasteiger partial charge on any atom is 0.237 e. The number of piperazine rings is 1. The number of carbonyl (C=O) groups excluding carboxylic acids is 2. The second-order valence-electron chi connectivity index (χ2n) is 6.51. The maximum atomic E-state index is 12.3. The first-order valence-electron chi connectivity index (χ1n) is 8.92. The fraction of sp³-hybridized carbons (Fsp3) is 0.400. The molecule has 2 N–H and O–H groups in total. The van der Waals surface area contributed by atoms with Gasteiger partial charge in [-0.3, -0.25) is 14.5 Å². The average molecular weight is 372 g/mol. The molecule has 6 heteroatoms. The van der Waals surface area contributed by atoms with Crippen molar-refractivity contribution in [2.24, 2.45) is 0 Å². The summed E-state index contributed by atoms with van der Waals surface area (Å²) in [6.45, 7) is 2.68. The Kier molecular flexibility index (Phi) is 6.52. The van der Waals surface area contributed by atoms with Crippen LogP contribution in [0.2, 0.25) is 0 Å². The molecule has 1 aliphatic rings. The smallest absolute Gasteiger partial charge is 0.237 e. The van der Waals surface area contributed by atoms with Crippen LogP contribution >= 0.6 is 11.8 Å². The Hall–Kier alpha value is -2.05. The minimum atomic E-state index is -0.413. The summed E-state index contributed by atoms with van der Waals surface area (Å²) < 4.78 is 0. The molecule has 0 bridgehead atoms. The van der Waals surface area contributed by atoms with E-state index in [0.717, 1.165) is 17.9 Å². The van der Waals surface area contributed by atoms with E-state index in [9.17, 15) is 9.59 Å². The number of hydrogen-bond acceptors (Lipinski definition) is 4. The van der Waals surface area contributed by atoms with Gasteiger partial charge in [0.1, 0.15) is 0 Å². The SMILES string of the molecule is CSCCNC(=O)CC1C(=O)NCCN1Cc1ccc2ccccc2c1. The van der Waals surface area contributed by atoms with Crippen LogP contribution in [0.3, 0.4) is 0 Å². The second-order valence-corrected chi connectivity index (χ2v) is 7.49. The van der Waals surface area contributed by atoms with Crippen LogP contribution in [0.4, 0.5) is 0 Å². The van der Waals surface area contributed by atoms with Gasteiger partial charge in [-0.25, -0.2) is 0 Å². The zero-order valence-corrected chi connectivity index (χ0v) is 15.8. The van der Waals surface area contributed by atoms with Crippen LogP contribution in [-0.2, 0) is 16.1 Å². The van der Waals surface area contributed by atoms with Gasteiger partial charge in [0.2, 0.25) is 11.8 Å². The summed E-state index contributed by atoms with van der Waals surface area (Å²) in [6.07, 6.45) is 2.21. The number of fused-ring (bicyclic) bond motifs is 1. The molecule has 1 aliphatic heterocycles. The molecule has 1 unspecified atom stereocenters. The number of nitrogens with zero attached hydrogens (tertiary/aromatic N) is 1. The van der Waals surface area contributed by atoms with Gasteiger partial charge < -0.3 is 10.6 Å². The van der Waals surface area contributed by atoms with Crippen molar-refractivity contribution in [3.05, 3.63) is 48.0 Å². The molecule has 3 rings (SSSR count). The van der Waals surface area contributed by atoms with Crippen molar-refractivity contribution < 1.29 is 9.59 Å². The summed E-state index contributed by atoms with van der Waals surface area (Å²) in [4.78, 5) is 26.6. The number of hydrogen-bond donors (Lipinski definition) is 2. The molecule has 0 aromatic heterocycles. The molecule has 26 heavy (non-hydrogen) atoms. The zero-order valence-electron chi connectivity index (χ0n) is 15.0. The van der Waals surface area contributed by atoms with Gasteiger partial charge in [-0.1, -0.05) is 36.4 Å². The third-order valence-corrected chi connectivity index (χ3v) is 5.26. The van der Waals surface area contributed by atoms with Crippen LogP contribution in [0.25, 0.3) is 10.8 Å². The van der Waals surface area contributed by atoms with Crippen molar-refractivity contribution in [1.29, 1.82) is 0 Å². The lowest BCUT2D eigenvalue weighted by molar-refractivity contribution is -0.134. The third kappa shape index (κ3) is 4.77. The van der Waals surface area contributed by atoms with Crippen molar-refractivity contribution in [2.75, 3.05) is 31.6 Å². The van der Waals surface area contributed by atoms with Crippen molar-refractivity contribution >= 4 is 34.3 Å². The number of carbonyl (C=O) groups is 2. The van der Waals surface area contributed by atoms with Gasteiger partial charge in [-0.05, 0) is 28.7 Å². The molecule has 2 aromatic rings. The van der Waals surface area contributed by atoms with Crippen molar-refractivity contribution in [3.63, 3.8) is 0 Å². The van der Waals surface area contributed by atoms with Crippen molar-refractivity contribution in [3.8, 4) is 0 Å². The van der Waals surface area contributed by atoms with Gasteiger partial charge in [-0.15, -0.1) is 0 Å². The van der Waals surface area contributed by atoms with Crippen LogP contribution in [0.1, 0.15) is 12.0 Å². The fourth-order valence-corrected chi connectivity index (χ4v) is 3.59. The summed E-state index contributed by atoms with van der Waals surface area (Å²) >= 11 is 1.69. The quantitative estimate of drug-likeness (QED) is 0.731. The maximum absolute atomic E-state index is 12.3. The molecule has 2 aromatic carbocycles. The predicted molar refractivity (Wildman–Crippen MR) is 107 cm³/mol. The van der Waals surface area contributed by atoms with Crippen LogP contribution in [-0.4, -0.2) is 54.4 Å². The first kappa shape index (κ1) is 18.7. The highest BCUT2D eigenvalue weighted by Gasteiger charge is 2.31. The molecule has 2 amide bonds. The minimum Gasteiger partial charge on any atom is -0.355 e. The van der Waals surface area contributed by atoms with Gasteiger partial charge >= 0.3 is 0 Å². The predicted octanol–water partition coefficient (Wildman–Crippen LogP) is 2.01. The van der Waals surface area contributed by atoms with E-state index in [1.54, 1.807) is 11.8 Å². The molecular formula is C20H25N3O2S. The number of amides is 2. The van der Waals surface area contributed by atoms with E-state index in [-0.39, 0.29) is 18.2 Å². The molecule has 5 nitrogen and oxygen atoms in total. The molecule has 1 fully saturated rings. The van der Waals surface area contributed by atoms with Crippen LogP contribution in [0, 0.1) is 0 Å². The van der Waals surface area contributed by atoms with Gasteiger partial charge in [0.15, 0.2) is 0 Å². The summed E-state index contributed by atoms with van der Waals surface area (Å²) in [6, 6.07) is 14.2. The van der Waals surface area contributed by atoms with Gasteiger partial charge in [0.25, 0.3) is 0 Å². The molecule has 1 heterocycles. The summed E-state index contributed by atoms with van der Waals surface area (Å²) in [5, 5.41) is 8.18. The Balaban J connectivity index is 1.68. The average Bonchev–Trinajstić information content (AvgIpc) is 2.65. The topological polar surface area (TPSA) is 61.4 Å². The first-order valence-corrected chi connectivity index (χ1v) is 10.3. The normalized spacial score (nSPS) is 17.9. The van der Waals surface area contributed by atoms with E-state index in [2.05, 4.69) is 45.9 Å². The highest BCUT2D eigenvalue weighted by Crippen LogP contribution is 2.19. The molecule has 0 aliphatic carbocycles. The third-order valence-electron chi connectivity index (χ3n) is 4.65. The second kappa shape index (κ2) is 9.05. The monoisotopic (exact) mass is 371 g/mol. The molecule has 1 atom stereocenters. The highest BCUT2D eigenvalue weighted by atomic mass is 32.2. The Morgan fingerprint density at radius 3 is 2.88 bits per heavy atom. The van der Waals surface area contributed by atoms with Gasteiger partial charge in [0.05, 0.1) is 12.5 Å². The van der Waals surface area contributed by atoms with E-state index >= 15 is 0 Å². The zero-order chi connectivity index (χ0) is 18.4. The van der Waals surface area contributed by atoms with Crippen molar-refractivity contribution in [1.82, 2.24) is 15.5 Å². The van der Waals surface area contributed by atoms with Crippen LogP contribution < -0.4 is 10.6 Å². The molecular weight excluding hydrogens is 346 g/mol. The molecule has 1 saturated heterocycles. The molecule has 0 saturated carbocycles. The molecule has 0 radical (unpaired) electrons. The lowest BCUT2D eigenvalue weighted by atomic mass is 10.0. The highest BCUT2D eigenvalue weighted by molar-refractivity contribution is 7.98. The van der Waals surface area contributed by atoms with Crippen LogP contribution in [0.15, 0.2) is 42.5 Å². The lowest BCUT2D eigenvalue weighted by Gasteiger charge is -2.34. The van der Waals surface area contributed by atoms with Gasteiger partial charge in [0, 0.05) is 31.9 Å². The molecule has 0 spiro atoms. The lowest BCUT2D eigenvalue weighted by Crippen LogP contribution is -2.56. The van der Waals surface area contributed by atoms with Gasteiger partial charge in [-0.2, -0.15) is 11.8 Å². The summed E-state index contributed by atoms with van der Waals surface area (Å²) in [7, 11) is 0. The summed E-state index contributed by atoms with van der Waals surface area (Å²) in [5.74, 6) is 0.755. The van der Waals surface area contributed by atoms with Crippen LogP contribution in [0.5, 0.6) is 0 Å². The molecule has 138 valence electrons. The van der Waals surface area contributed by atoms with E-state index in [1.165, 1.54) is 10.8 Å². The minimum absolute atomic E-state index is 0.0583. The van der Waals surface area contributed by atoms with E-state index < -0.39 is 6.04 Å². The Bertz CT molecular complexity index is 780. The van der Waals surface area contributed by atoms with E-state index in [1.807, 2.05) is 18.4 Å². The fourth-order valence-electron chi connectivity index (χ4n) is 3.29. The van der Waals surface area contributed by atoms with E-state index in [4.69, 9.17) is 0 Å². The number of thioether (sulfide) groups is 1. The summed E-state index contributed by atoms with van der Waals surface area (Å²) in [5.41, 5.74) is 1.16. The largest absolute Gasteiger partial charge is 0.355 e. The standard InChI is InChI=1S/C20H25N3O2S/c1-26-11-9-21-19(24)13-18-20(25)22-8-10-23(18)14-15-6-7-16-4-2-3-5-17(16)12-15/h2-7,12,18H,8-11,13-14H2,1H3,(H,21,24)(H,22,25). The first-order chi connectivity index (χ1) is 12.7. The van der Waals surface area contributed by atoms with E-state index in [0.29, 0.717) is 19.6 Å².